The molecular weight excluding hydrogens is 797 g/mol. The van der Waals surface area contributed by atoms with Crippen LogP contribution >= 0.6 is 0 Å². The van der Waals surface area contributed by atoms with Crippen molar-refractivity contribution < 1.29 is 33.4 Å². The predicted molar refractivity (Wildman–Crippen MR) is 241 cm³/mol. The summed E-state index contributed by atoms with van der Waals surface area (Å²) in [6.07, 6.45) is 8.74. The molecule has 13 nitrogen and oxygen atoms in total. The van der Waals surface area contributed by atoms with Crippen LogP contribution in [0.3, 0.4) is 0 Å². The van der Waals surface area contributed by atoms with Gasteiger partial charge in [0.15, 0.2) is 0 Å². The van der Waals surface area contributed by atoms with E-state index in [0.717, 1.165) is 89.8 Å². The van der Waals surface area contributed by atoms with E-state index in [1.807, 2.05) is 29.8 Å². The van der Waals surface area contributed by atoms with Gasteiger partial charge in [-0.15, -0.1) is 0 Å². The van der Waals surface area contributed by atoms with Gasteiger partial charge < -0.3 is 34.3 Å². The Bertz CT molecular complexity index is 2480. The summed E-state index contributed by atoms with van der Waals surface area (Å²) in [5.74, 6) is -0.0710. The molecule has 1 aliphatic carbocycles. The van der Waals surface area contributed by atoms with E-state index in [4.69, 9.17) is 24.2 Å². The third-order valence-corrected chi connectivity index (χ3v) is 14.1. The van der Waals surface area contributed by atoms with E-state index in [9.17, 15) is 19.2 Å². The van der Waals surface area contributed by atoms with Crippen LogP contribution in [0.25, 0.3) is 38.7 Å². The smallest absolute Gasteiger partial charge is 0.407 e. The Balaban J connectivity index is 0.876. The average Bonchev–Trinajstić information content (AvgIpc) is 4.16. The number of aliphatic imine (C=N–C) groups is 1. The lowest BCUT2D eigenvalue weighted by Crippen LogP contribution is -2.53. The number of nitrogens with one attached hydrogen (secondary N) is 2. The maximum atomic E-state index is 14.0. The molecule has 0 unspecified atom stereocenters. The normalized spacial score (nSPS) is 21.0. The minimum Gasteiger partial charge on any atom is -0.469 e. The van der Waals surface area contributed by atoms with Crippen LogP contribution in [0.2, 0.25) is 0 Å². The Labute approximate surface area is 368 Å². The molecule has 63 heavy (non-hydrogen) atoms. The zero-order chi connectivity index (χ0) is 43.8. The number of alkyl carbamates (subject to hydrolysis) is 1. The topological polar surface area (TPSA) is 156 Å². The molecule has 4 atom stereocenters. The van der Waals surface area contributed by atoms with E-state index >= 15 is 0 Å². The van der Waals surface area contributed by atoms with Gasteiger partial charge in [0.1, 0.15) is 11.9 Å². The first-order chi connectivity index (χ1) is 30.6. The fourth-order valence-electron chi connectivity index (χ4n) is 10.6. The molecule has 330 valence electrons. The lowest BCUT2D eigenvalue weighted by Gasteiger charge is -2.34. The highest BCUT2D eigenvalue weighted by Gasteiger charge is 2.42. The van der Waals surface area contributed by atoms with E-state index in [-0.39, 0.29) is 48.1 Å². The van der Waals surface area contributed by atoms with Crippen molar-refractivity contribution in [2.45, 2.75) is 96.2 Å². The lowest BCUT2D eigenvalue weighted by molar-refractivity contribution is -0.148. The number of allylic oxidation sites excluding steroid dienone is 2. The standard InChI is InChI=1S/C50H58N6O7/c1-29(2)38(27-45(57)61-3)48(58)55-19-5-7-43(55)41-26-39-37-15-13-34(24-35(37)14-16-40(39)52-41)31-9-10-33-25-36(12-11-32(33)23-31)42-28-51-47(53-42)44-8-6-20-56(44)49(59)46(54-50(60)62-4)30-17-21-63-22-18-30/h9-13,15,23-25,28-30,38,43-44,46H,5-8,14,16-22,26-27H2,1-4H3,(H,51,53)(H,54,60)/t38-,43-,44-,46-/m0/s1. The second-order valence-electron chi connectivity index (χ2n) is 18.1. The number of ether oxygens (including phenoxy) is 3. The Kier molecular flexibility index (Phi) is 12.2. The number of aromatic nitrogens is 2. The number of nitrogens with zero attached hydrogens (tertiary/aromatic N) is 4. The molecule has 13 heteroatoms. The molecule has 2 N–H and O–H groups in total. The molecule has 3 aromatic carbocycles. The minimum atomic E-state index is -0.679. The molecule has 9 rings (SSSR count). The first-order valence-electron chi connectivity index (χ1n) is 22.7. The van der Waals surface area contributed by atoms with Crippen LogP contribution in [-0.4, -0.2) is 102 Å². The zero-order valence-corrected chi connectivity index (χ0v) is 36.8. The van der Waals surface area contributed by atoms with E-state index in [1.165, 1.54) is 36.5 Å². The Hall–Kier alpha value is -5.82. The van der Waals surface area contributed by atoms with E-state index in [0.29, 0.717) is 39.1 Å². The SMILES string of the molecule is COC(=O)C[C@H](C(=O)N1CCC[C@H]1C1=NC2=C(C1)c1ccc(-c3ccc4cc(-c5cnc([C@@H]6CCCN6C(=O)[C@@H](NC(=O)OC)C6CCOCC6)[nH]5)ccc4c3)cc1CC2)C(C)C. The van der Waals surface area contributed by atoms with Gasteiger partial charge in [0.2, 0.25) is 11.8 Å². The Morgan fingerprint density at radius 1 is 0.825 bits per heavy atom. The number of hydrogen-bond donors (Lipinski definition) is 2. The minimum absolute atomic E-state index is 0.0225. The van der Waals surface area contributed by atoms with Gasteiger partial charge in [0.25, 0.3) is 0 Å². The molecule has 0 spiro atoms. The van der Waals surface area contributed by atoms with Gasteiger partial charge in [0.05, 0.1) is 50.5 Å². The maximum Gasteiger partial charge on any atom is 0.407 e. The number of benzene rings is 3. The van der Waals surface area contributed by atoms with Crippen molar-refractivity contribution in [2.24, 2.45) is 22.7 Å². The van der Waals surface area contributed by atoms with E-state index in [1.54, 1.807) is 0 Å². The van der Waals surface area contributed by atoms with Gasteiger partial charge >= 0.3 is 12.1 Å². The van der Waals surface area contributed by atoms with Crippen molar-refractivity contribution >= 4 is 45.9 Å². The monoisotopic (exact) mass is 854 g/mol. The van der Waals surface area contributed by atoms with Gasteiger partial charge in [-0.1, -0.05) is 56.3 Å². The average molecular weight is 855 g/mol. The molecule has 3 amide bonds. The Morgan fingerprint density at radius 2 is 1.51 bits per heavy atom. The summed E-state index contributed by atoms with van der Waals surface area (Å²) in [4.78, 5) is 69.7. The number of aromatic amines is 1. The fraction of sp³-hybridized carbons (Fsp3) is 0.480. The van der Waals surface area contributed by atoms with Crippen LogP contribution in [0.1, 0.15) is 94.6 Å². The summed E-state index contributed by atoms with van der Waals surface area (Å²) in [5, 5.41) is 5.08. The highest BCUT2D eigenvalue weighted by atomic mass is 16.5. The number of rotatable bonds is 11. The largest absolute Gasteiger partial charge is 0.469 e. The molecule has 4 aliphatic heterocycles. The van der Waals surface area contributed by atoms with Gasteiger partial charge in [-0.25, -0.2) is 9.78 Å². The van der Waals surface area contributed by atoms with Gasteiger partial charge in [0, 0.05) is 49.7 Å². The van der Waals surface area contributed by atoms with Crippen LogP contribution in [0.15, 0.2) is 71.5 Å². The van der Waals surface area contributed by atoms with Crippen LogP contribution in [0, 0.1) is 17.8 Å². The fourth-order valence-corrected chi connectivity index (χ4v) is 10.6. The summed E-state index contributed by atoms with van der Waals surface area (Å²) in [6.45, 7) is 6.41. The number of hydrogen-bond acceptors (Lipinski definition) is 9. The van der Waals surface area contributed by atoms with Gasteiger partial charge in [-0.3, -0.25) is 19.4 Å². The second kappa shape index (κ2) is 18.1. The number of H-pyrrole nitrogens is 1. The summed E-state index contributed by atoms with van der Waals surface area (Å²) in [5.41, 5.74) is 10.3. The number of likely N-dealkylation sites (tertiary alicyclic amines) is 2. The van der Waals surface area contributed by atoms with Crippen molar-refractivity contribution in [1.82, 2.24) is 25.1 Å². The zero-order valence-electron chi connectivity index (χ0n) is 36.8. The molecule has 0 bridgehead atoms. The van der Waals surface area contributed by atoms with Crippen molar-refractivity contribution in [2.75, 3.05) is 40.5 Å². The molecule has 1 aromatic heterocycles. The quantitative estimate of drug-likeness (QED) is 0.144. The summed E-state index contributed by atoms with van der Waals surface area (Å²) < 4.78 is 15.4. The van der Waals surface area contributed by atoms with E-state index < -0.39 is 18.1 Å². The van der Waals surface area contributed by atoms with Crippen LogP contribution < -0.4 is 5.32 Å². The molecule has 5 heterocycles. The number of methoxy groups -OCH3 is 2. The number of carbonyl (C=O) groups is 4. The lowest BCUT2D eigenvalue weighted by atomic mass is 9.85. The van der Waals surface area contributed by atoms with Crippen molar-refractivity contribution in [3.63, 3.8) is 0 Å². The molecule has 3 fully saturated rings. The first kappa shape index (κ1) is 42.5. The van der Waals surface area contributed by atoms with Crippen LogP contribution in [-0.2, 0) is 35.0 Å². The van der Waals surface area contributed by atoms with Crippen molar-refractivity contribution in [3.8, 4) is 22.4 Å². The number of carbonyl (C=O) groups excluding carboxylic acids is 4. The van der Waals surface area contributed by atoms with Crippen LogP contribution in [0.5, 0.6) is 0 Å². The molecule has 0 radical (unpaired) electrons. The van der Waals surface area contributed by atoms with Crippen molar-refractivity contribution in [1.29, 1.82) is 0 Å². The summed E-state index contributed by atoms with van der Waals surface area (Å²) in [6, 6.07) is 18.9. The summed E-state index contributed by atoms with van der Waals surface area (Å²) in [7, 11) is 2.69. The molecule has 4 aromatic rings. The third kappa shape index (κ3) is 8.51. The van der Waals surface area contributed by atoms with Crippen LogP contribution in [0.4, 0.5) is 4.79 Å². The maximum absolute atomic E-state index is 14.0. The highest BCUT2D eigenvalue weighted by molar-refractivity contribution is 6.05. The Morgan fingerprint density at radius 3 is 2.24 bits per heavy atom. The number of esters is 1. The predicted octanol–water partition coefficient (Wildman–Crippen LogP) is 8.04. The number of amides is 3. The number of imidazole rings is 1. The third-order valence-electron chi connectivity index (χ3n) is 14.1. The molecular formula is C50H58N6O7. The first-order valence-corrected chi connectivity index (χ1v) is 22.7. The molecule has 3 saturated heterocycles. The van der Waals surface area contributed by atoms with Gasteiger partial charge in [-0.2, -0.15) is 0 Å². The molecule has 0 saturated carbocycles. The number of aryl methyl sites for hydroxylation is 1. The second-order valence-corrected chi connectivity index (χ2v) is 18.1. The molecule has 5 aliphatic rings. The number of fused-ring (bicyclic) bond motifs is 3. The van der Waals surface area contributed by atoms with Crippen molar-refractivity contribution in [3.05, 3.63) is 83.4 Å². The highest BCUT2D eigenvalue weighted by Crippen LogP contribution is 2.42. The van der Waals surface area contributed by atoms with E-state index in [2.05, 4.69) is 64.9 Å². The summed E-state index contributed by atoms with van der Waals surface area (Å²) >= 11 is 0. The van der Waals surface area contributed by atoms with Gasteiger partial charge in [-0.05, 0) is 114 Å².